The number of rotatable bonds is 7. The number of aromatic nitrogens is 6. The van der Waals surface area contributed by atoms with Crippen molar-refractivity contribution < 1.29 is 19.1 Å². The molecule has 0 aliphatic carbocycles. The predicted molar refractivity (Wildman–Crippen MR) is 191 cm³/mol. The van der Waals surface area contributed by atoms with Crippen LogP contribution in [0.4, 0.5) is 9.59 Å². The number of carbonyl (C=O) groups excluding carboxylic acids is 2. The summed E-state index contributed by atoms with van der Waals surface area (Å²) in [6.07, 6.45) is 7.45. The molecule has 3 heterocycles. The van der Waals surface area contributed by atoms with E-state index in [0.717, 1.165) is 28.1 Å². The molecule has 1 aromatic carbocycles. The number of H-pyrrole nitrogens is 2. The van der Waals surface area contributed by atoms with Crippen molar-refractivity contribution in [2.45, 2.75) is 106 Å². The number of imidazole rings is 2. The first-order valence-electron chi connectivity index (χ1n) is 16.4. The number of amides is 2. The van der Waals surface area contributed by atoms with Gasteiger partial charge in [0.2, 0.25) is 0 Å². The van der Waals surface area contributed by atoms with E-state index in [1.54, 1.807) is 51.8 Å². The molecule has 0 fully saturated rings. The van der Waals surface area contributed by atoms with E-state index in [-0.39, 0.29) is 16.7 Å². The van der Waals surface area contributed by atoms with Gasteiger partial charge in [0.1, 0.15) is 22.9 Å². The molecular formula is C37H50N8O4. The van der Waals surface area contributed by atoms with Crippen molar-refractivity contribution >= 4 is 18.4 Å². The Morgan fingerprint density at radius 1 is 0.673 bits per heavy atom. The third-order valence-corrected chi connectivity index (χ3v) is 7.36. The summed E-state index contributed by atoms with van der Waals surface area (Å²) in [5.74, 6) is 1.62. The molecule has 0 aliphatic rings. The molecule has 12 nitrogen and oxygen atoms in total. The standard InChI is InChI=1S/C37H50N8O4/c1-34(2,3)25(19-42-32(46)48-36(7,8)9)30-40-21-27(43-30)24-17-38-29(39-18-24)23-15-13-22(14-16-23)26-20-41-31(44-26)28(35(4,5)6)45-33(47)49-37(10,11)12/h13-21,25,28H,1-12H3,(H,40,43)(H,41,44)(H,45,47). The molecule has 4 rings (SSSR count). The molecule has 2 atom stereocenters. The summed E-state index contributed by atoms with van der Waals surface area (Å²) >= 11 is 0. The Morgan fingerprint density at radius 3 is 1.71 bits per heavy atom. The number of alkyl carbamates (subject to hydrolysis) is 1. The van der Waals surface area contributed by atoms with E-state index in [1.165, 1.54) is 0 Å². The number of ether oxygens (including phenoxy) is 2. The lowest BCUT2D eigenvalue weighted by Crippen LogP contribution is -2.40. The molecule has 0 spiro atoms. The first kappa shape index (κ1) is 37.0. The van der Waals surface area contributed by atoms with E-state index in [4.69, 9.17) is 9.47 Å². The quantitative estimate of drug-likeness (QED) is 0.165. The maximum atomic E-state index is 12.6. The van der Waals surface area contributed by atoms with Crippen LogP contribution < -0.4 is 5.32 Å². The van der Waals surface area contributed by atoms with Gasteiger partial charge >= 0.3 is 12.2 Å². The van der Waals surface area contributed by atoms with Crippen LogP contribution in [-0.4, -0.2) is 59.5 Å². The first-order chi connectivity index (χ1) is 22.6. The molecule has 3 N–H and O–H groups in total. The maximum absolute atomic E-state index is 12.6. The summed E-state index contributed by atoms with van der Waals surface area (Å²) in [6, 6.07) is 7.47. The van der Waals surface area contributed by atoms with Crippen LogP contribution in [0.5, 0.6) is 0 Å². The molecule has 4 aromatic rings. The number of hydrogen-bond acceptors (Lipinski definition) is 8. The average Bonchev–Trinajstić information content (AvgIpc) is 3.64. The highest BCUT2D eigenvalue weighted by atomic mass is 16.6. The van der Waals surface area contributed by atoms with Crippen molar-refractivity contribution in [3.63, 3.8) is 0 Å². The molecular weight excluding hydrogens is 620 g/mol. The van der Waals surface area contributed by atoms with Gasteiger partial charge in [-0.2, -0.15) is 4.99 Å². The Balaban J connectivity index is 1.47. The van der Waals surface area contributed by atoms with Crippen LogP contribution in [0.15, 0.2) is 54.0 Å². The summed E-state index contributed by atoms with van der Waals surface area (Å²) in [6.45, 7) is 23.2. The fraction of sp³-hybridized carbons (Fsp3) is 0.486. The highest BCUT2D eigenvalue weighted by Crippen LogP contribution is 2.34. The van der Waals surface area contributed by atoms with E-state index in [1.807, 2.05) is 65.8 Å². The minimum absolute atomic E-state index is 0.265. The largest absolute Gasteiger partial charge is 0.444 e. The minimum atomic E-state index is -0.637. The van der Waals surface area contributed by atoms with Crippen LogP contribution in [-0.2, 0) is 9.47 Å². The number of nitrogens with one attached hydrogen (secondary N) is 3. The molecule has 0 bridgehead atoms. The van der Waals surface area contributed by atoms with Gasteiger partial charge in [0.15, 0.2) is 5.82 Å². The van der Waals surface area contributed by atoms with Gasteiger partial charge in [-0.15, -0.1) is 0 Å². The maximum Gasteiger partial charge on any atom is 0.433 e. The van der Waals surface area contributed by atoms with Crippen molar-refractivity contribution in [3.8, 4) is 33.9 Å². The van der Waals surface area contributed by atoms with Crippen molar-refractivity contribution in [1.82, 2.24) is 35.2 Å². The van der Waals surface area contributed by atoms with Crippen molar-refractivity contribution in [1.29, 1.82) is 0 Å². The highest BCUT2D eigenvalue weighted by Gasteiger charge is 2.32. The molecule has 49 heavy (non-hydrogen) atoms. The van der Waals surface area contributed by atoms with E-state index in [9.17, 15) is 9.59 Å². The Labute approximate surface area is 289 Å². The van der Waals surface area contributed by atoms with E-state index in [2.05, 4.69) is 61.0 Å². The lowest BCUT2D eigenvalue weighted by Gasteiger charge is -2.31. The van der Waals surface area contributed by atoms with Crippen molar-refractivity contribution in [2.24, 2.45) is 15.8 Å². The van der Waals surface area contributed by atoms with Gasteiger partial charge in [-0.3, -0.25) is 0 Å². The van der Waals surface area contributed by atoms with Crippen LogP contribution in [0.3, 0.4) is 0 Å². The van der Waals surface area contributed by atoms with Crippen LogP contribution in [0.25, 0.3) is 33.9 Å². The van der Waals surface area contributed by atoms with Gasteiger partial charge in [0, 0.05) is 29.7 Å². The van der Waals surface area contributed by atoms with Gasteiger partial charge in [0.05, 0.1) is 35.7 Å². The predicted octanol–water partition coefficient (Wildman–Crippen LogP) is 8.67. The third-order valence-electron chi connectivity index (χ3n) is 7.36. The molecule has 0 saturated carbocycles. The number of benzene rings is 1. The lowest BCUT2D eigenvalue weighted by atomic mass is 9.81. The molecule has 262 valence electrons. The van der Waals surface area contributed by atoms with Crippen LogP contribution >= 0.6 is 0 Å². The second-order valence-electron chi connectivity index (χ2n) is 16.3. The van der Waals surface area contributed by atoms with Crippen LogP contribution in [0.2, 0.25) is 0 Å². The van der Waals surface area contributed by atoms with Crippen LogP contribution in [0, 0.1) is 10.8 Å². The van der Waals surface area contributed by atoms with Gasteiger partial charge < -0.3 is 24.8 Å². The summed E-state index contributed by atoms with van der Waals surface area (Å²) < 4.78 is 10.8. The number of carbonyl (C=O) groups is 2. The number of nitrogens with zero attached hydrogens (tertiary/aromatic N) is 5. The molecule has 0 radical (unpaired) electrons. The number of aromatic amines is 2. The molecule has 12 heteroatoms. The monoisotopic (exact) mass is 670 g/mol. The molecule has 2 amide bonds. The lowest BCUT2D eigenvalue weighted by molar-refractivity contribution is 0.0457. The Hall–Kier alpha value is -4.87. The minimum Gasteiger partial charge on any atom is -0.444 e. The van der Waals surface area contributed by atoms with Crippen molar-refractivity contribution in [3.05, 3.63) is 60.7 Å². The zero-order valence-electron chi connectivity index (χ0n) is 30.7. The van der Waals surface area contributed by atoms with E-state index < -0.39 is 29.4 Å². The van der Waals surface area contributed by atoms with E-state index in [0.29, 0.717) is 17.5 Å². The Kier molecular flexibility index (Phi) is 10.5. The summed E-state index contributed by atoms with van der Waals surface area (Å²) in [5.41, 5.74) is 2.31. The number of aliphatic imine (C=N–C) groups is 1. The topological polar surface area (TPSA) is 160 Å². The Morgan fingerprint density at radius 2 is 1.18 bits per heavy atom. The fourth-order valence-electron chi connectivity index (χ4n) is 4.93. The average molecular weight is 671 g/mol. The smallest absolute Gasteiger partial charge is 0.433 e. The molecule has 0 aliphatic heterocycles. The molecule has 2 unspecified atom stereocenters. The van der Waals surface area contributed by atoms with Gasteiger partial charge in [0.25, 0.3) is 0 Å². The second kappa shape index (κ2) is 13.9. The molecule has 0 saturated heterocycles. The SMILES string of the molecule is CC(C)(C)OC(=O)N=CC(c1ncc(-c2cnc(-c3ccc(-c4cnc(C(NC(=O)OC(C)(C)C)C(C)(C)C)[nH]4)cc3)nc2)[nH]1)C(C)(C)C. The Bertz CT molecular complexity index is 1760. The first-order valence-corrected chi connectivity index (χ1v) is 16.4. The number of hydrogen-bond donors (Lipinski definition) is 3. The molecule has 3 aromatic heterocycles. The normalized spacial score (nSPS) is 14.0. The van der Waals surface area contributed by atoms with Gasteiger partial charge in [-0.1, -0.05) is 65.8 Å². The van der Waals surface area contributed by atoms with E-state index >= 15 is 0 Å². The van der Waals surface area contributed by atoms with Gasteiger partial charge in [-0.25, -0.2) is 29.5 Å². The summed E-state index contributed by atoms with van der Waals surface area (Å²) in [7, 11) is 0. The summed E-state index contributed by atoms with van der Waals surface area (Å²) in [5, 5.41) is 2.97. The highest BCUT2D eigenvalue weighted by molar-refractivity contribution is 5.83. The fourth-order valence-corrected chi connectivity index (χ4v) is 4.93. The van der Waals surface area contributed by atoms with Crippen LogP contribution in [0.1, 0.15) is 107 Å². The van der Waals surface area contributed by atoms with Crippen molar-refractivity contribution in [2.75, 3.05) is 0 Å². The summed E-state index contributed by atoms with van der Waals surface area (Å²) in [4.78, 5) is 54.0. The zero-order chi connectivity index (χ0) is 36.4. The second-order valence-corrected chi connectivity index (χ2v) is 16.3. The van der Waals surface area contributed by atoms with Gasteiger partial charge in [-0.05, 0) is 57.9 Å². The third kappa shape index (κ3) is 10.3. The zero-order valence-corrected chi connectivity index (χ0v) is 30.7.